The van der Waals surface area contributed by atoms with Gasteiger partial charge in [0.1, 0.15) is 0 Å². The summed E-state index contributed by atoms with van der Waals surface area (Å²) in [6.07, 6.45) is 0.958. The van der Waals surface area contributed by atoms with Crippen molar-refractivity contribution in [3.05, 3.63) is 39.2 Å². The molecule has 0 aromatic heterocycles. The molecule has 1 aromatic carbocycles. The van der Waals surface area contributed by atoms with Crippen LogP contribution in [0.5, 0.6) is 5.75 Å². The van der Waals surface area contributed by atoms with Crippen LogP contribution in [0.2, 0.25) is 0 Å². The summed E-state index contributed by atoms with van der Waals surface area (Å²) in [5, 5.41) is 10.5. The Morgan fingerprint density at radius 1 is 1.08 bits per heavy atom. The summed E-state index contributed by atoms with van der Waals surface area (Å²) in [4.78, 5) is 21.5. The second kappa shape index (κ2) is 8.55. The summed E-state index contributed by atoms with van der Waals surface area (Å²) in [6.45, 7) is 1.24. The molecule has 24 heavy (non-hydrogen) atoms. The Hall–Kier alpha value is -2.26. The molecule has 0 spiro atoms. The average molecular weight is 355 g/mol. The van der Waals surface area contributed by atoms with E-state index >= 15 is 0 Å². The average Bonchev–Trinajstić information content (AvgIpc) is 2.52. The summed E-state index contributed by atoms with van der Waals surface area (Å²) >= 11 is 0. The van der Waals surface area contributed by atoms with Crippen molar-refractivity contribution in [3.8, 4) is 5.75 Å². The number of unbranched alkanes of at least 4 members (excludes halogenated alkanes) is 1. The minimum atomic E-state index is -2.38. The molecule has 0 saturated carbocycles. The Morgan fingerprint density at radius 3 is 2.04 bits per heavy atom. The molecule has 0 heterocycles. The lowest BCUT2D eigenvalue weighted by Crippen LogP contribution is -2.22. The van der Waals surface area contributed by atoms with Crippen molar-refractivity contribution in [2.75, 3.05) is 6.54 Å². The molecule has 0 radical (unpaired) electrons. The van der Waals surface area contributed by atoms with Crippen LogP contribution in [-0.2, 0) is 4.79 Å². The van der Waals surface area contributed by atoms with Crippen molar-refractivity contribution >= 4 is 5.97 Å². The molecule has 1 atom stereocenters. The van der Waals surface area contributed by atoms with Crippen LogP contribution in [0.3, 0.4) is 0 Å². The maximum Gasteiger partial charge on any atom is 0.311 e. The third-order valence-corrected chi connectivity index (χ3v) is 3.21. The Kier molecular flexibility index (Phi) is 7.05. The molecule has 0 N–H and O–H groups in total. The molecule has 0 amide bonds. The molecule has 134 valence electrons. The van der Waals surface area contributed by atoms with E-state index in [1.165, 1.54) is 0 Å². The normalized spacial score (nSPS) is 12.1. The van der Waals surface area contributed by atoms with Crippen LogP contribution in [0.4, 0.5) is 22.0 Å². The highest BCUT2D eigenvalue weighted by Crippen LogP contribution is 2.29. The smallest absolute Gasteiger partial charge is 0.311 e. The van der Waals surface area contributed by atoms with Crippen molar-refractivity contribution in [1.29, 1.82) is 0 Å². The van der Waals surface area contributed by atoms with Gasteiger partial charge in [0, 0.05) is 10.8 Å². The zero-order valence-electron chi connectivity index (χ0n) is 12.6. The standard InChI is InChI=1S/C14H14F5NO4/c1-2-3-4-7(6-20(22)23)5-8(21)24-14-12(18)10(16)9(15)11(17)13(14)19/h7H,2-6H2,1H3/t7-/m1/s1. The van der Waals surface area contributed by atoms with E-state index in [-0.39, 0.29) is 6.42 Å². The van der Waals surface area contributed by atoms with E-state index < -0.39 is 64.6 Å². The van der Waals surface area contributed by atoms with Gasteiger partial charge in [-0.3, -0.25) is 14.9 Å². The first-order chi connectivity index (χ1) is 11.2. The maximum atomic E-state index is 13.4. The van der Waals surface area contributed by atoms with Gasteiger partial charge in [-0.05, 0) is 6.42 Å². The molecule has 10 heteroatoms. The van der Waals surface area contributed by atoms with Gasteiger partial charge >= 0.3 is 5.97 Å². The molecular weight excluding hydrogens is 341 g/mol. The fraction of sp³-hybridized carbons (Fsp3) is 0.500. The lowest BCUT2D eigenvalue weighted by Gasteiger charge is -2.13. The maximum absolute atomic E-state index is 13.4. The van der Waals surface area contributed by atoms with Crippen LogP contribution in [0.15, 0.2) is 0 Å². The SMILES string of the molecule is CCCC[C@H](CC(=O)Oc1c(F)c(F)c(F)c(F)c1F)C[N+](=O)[O-]. The van der Waals surface area contributed by atoms with Gasteiger partial charge in [-0.15, -0.1) is 0 Å². The number of carbonyl (C=O) groups is 1. The van der Waals surface area contributed by atoms with Gasteiger partial charge in [0.15, 0.2) is 0 Å². The first-order valence-corrected chi connectivity index (χ1v) is 7.02. The van der Waals surface area contributed by atoms with Crippen LogP contribution in [0, 0.1) is 45.1 Å². The number of hydrogen-bond acceptors (Lipinski definition) is 4. The summed E-state index contributed by atoms with van der Waals surface area (Å²) in [6, 6.07) is 0. The number of rotatable bonds is 8. The lowest BCUT2D eigenvalue weighted by atomic mass is 9.99. The molecule has 0 aliphatic carbocycles. The van der Waals surface area contributed by atoms with Gasteiger partial charge in [-0.25, -0.2) is 13.2 Å². The van der Waals surface area contributed by atoms with Crippen molar-refractivity contribution in [1.82, 2.24) is 0 Å². The fourth-order valence-electron chi connectivity index (χ4n) is 2.03. The first kappa shape index (κ1) is 19.8. The minimum Gasteiger partial charge on any atom is -0.420 e. The molecule has 0 bridgehead atoms. The molecule has 0 aliphatic rings. The third-order valence-electron chi connectivity index (χ3n) is 3.21. The highest BCUT2D eigenvalue weighted by atomic mass is 19.2. The molecule has 1 aromatic rings. The van der Waals surface area contributed by atoms with Crippen molar-refractivity contribution in [2.24, 2.45) is 5.92 Å². The quantitative estimate of drug-likeness (QED) is 0.135. The van der Waals surface area contributed by atoms with Crippen LogP contribution >= 0.6 is 0 Å². The van der Waals surface area contributed by atoms with Crippen LogP contribution in [0.25, 0.3) is 0 Å². The predicted molar refractivity (Wildman–Crippen MR) is 71.4 cm³/mol. The number of hydrogen-bond donors (Lipinski definition) is 0. The number of halogens is 5. The predicted octanol–water partition coefficient (Wildman–Crippen LogP) is 3.76. The first-order valence-electron chi connectivity index (χ1n) is 7.02. The van der Waals surface area contributed by atoms with Gasteiger partial charge in [0.05, 0.1) is 6.42 Å². The zero-order chi connectivity index (χ0) is 18.4. The van der Waals surface area contributed by atoms with E-state index in [4.69, 9.17) is 0 Å². The van der Waals surface area contributed by atoms with Gasteiger partial charge < -0.3 is 4.74 Å². The molecule has 0 saturated heterocycles. The molecule has 0 unspecified atom stereocenters. The van der Waals surface area contributed by atoms with Gasteiger partial charge in [-0.1, -0.05) is 19.8 Å². The summed E-state index contributed by atoms with van der Waals surface area (Å²) < 4.78 is 69.9. The lowest BCUT2D eigenvalue weighted by molar-refractivity contribution is -0.488. The number of ether oxygens (including phenoxy) is 1. The molecule has 0 aliphatic heterocycles. The molecule has 5 nitrogen and oxygen atoms in total. The van der Waals surface area contributed by atoms with E-state index in [0.29, 0.717) is 12.8 Å². The van der Waals surface area contributed by atoms with E-state index in [0.717, 1.165) is 0 Å². The monoisotopic (exact) mass is 355 g/mol. The third kappa shape index (κ3) is 4.87. The molecule has 1 rings (SSSR count). The number of carbonyl (C=O) groups excluding carboxylic acids is 1. The summed E-state index contributed by atoms with van der Waals surface area (Å²) in [5.74, 6) is -15.2. The Labute approximate surface area is 133 Å². The highest BCUT2D eigenvalue weighted by molar-refractivity contribution is 5.72. The number of esters is 1. The second-order valence-electron chi connectivity index (χ2n) is 5.10. The van der Waals surface area contributed by atoms with Crippen LogP contribution in [0.1, 0.15) is 32.6 Å². The van der Waals surface area contributed by atoms with Crippen LogP contribution < -0.4 is 4.74 Å². The zero-order valence-corrected chi connectivity index (χ0v) is 12.6. The van der Waals surface area contributed by atoms with E-state index in [1.54, 1.807) is 0 Å². The van der Waals surface area contributed by atoms with Crippen molar-refractivity contribution < 1.29 is 36.4 Å². The topological polar surface area (TPSA) is 69.4 Å². The van der Waals surface area contributed by atoms with Crippen molar-refractivity contribution in [3.63, 3.8) is 0 Å². The van der Waals surface area contributed by atoms with E-state index in [1.807, 2.05) is 6.92 Å². The Bertz CT molecular complexity index is 609. The fourth-order valence-corrected chi connectivity index (χ4v) is 2.03. The molecular formula is C14H14F5NO4. The van der Waals surface area contributed by atoms with Gasteiger partial charge in [-0.2, -0.15) is 8.78 Å². The van der Waals surface area contributed by atoms with E-state index in [2.05, 4.69) is 4.74 Å². The Balaban J connectivity index is 2.92. The Morgan fingerprint density at radius 2 is 1.58 bits per heavy atom. The van der Waals surface area contributed by atoms with E-state index in [9.17, 15) is 36.9 Å². The molecule has 0 fully saturated rings. The number of nitro groups is 1. The minimum absolute atomic E-state index is 0.281. The summed E-state index contributed by atoms with van der Waals surface area (Å²) in [5.41, 5.74) is 0. The van der Waals surface area contributed by atoms with Crippen LogP contribution in [-0.4, -0.2) is 17.4 Å². The van der Waals surface area contributed by atoms with Gasteiger partial charge in [0.2, 0.25) is 41.4 Å². The number of benzene rings is 1. The number of nitrogens with zero attached hydrogens (tertiary/aromatic N) is 1. The summed E-state index contributed by atoms with van der Waals surface area (Å²) in [7, 11) is 0. The van der Waals surface area contributed by atoms with Crippen molar-refractivity contribution in [2.45, 2.75) is 32.6 Å². The van der Waals surface area contributed by atoms with Gasteiger partial charge in [0.25, 0.3) is 0 Å². The second-order valence-corrected chi connectivity index (χ2v) is 5.10. The highest BCUT2D eigenvalue weighted by Gasteiger charge is 2.29. The largest absolute Gasteiger partial charge is 0.420 e.